The molecule has 1 aromatic heterocycles. The highest BCUT2D eigenvalue weighted by atomic mass is 35.5. The van der Waals surface area contributed by atoms with Gasteiger partial charge in [0.15, 0.2) is 0 Å². The summed E-state index contributed by atoms with van der Waals surface area (Å²) in [5.41, 5.74) is -0.342. The Hall–Kier alpha value is -2.16. The van der Waals surface area contributed by atoms with Crippen LogP contribution in [0.1, 0.15) is 5.56 Å². The number of rotatable bonds is 5. The van der Waals surface area contributed by atoms with Crippen LogP contribution in [0.4, 0.5) is 18.9 Å². The van der Waals surface area contributed by atoms with Crippen molar-refractivity contribution in [3.63, 3.8) is 0 Å². The molecule has 1 amide bonds. The Bertz CT molecular complexity index is 1080. The number of hydrogen-bond donors (Lipinski definition) is 1. The molecule has 0 spiro atoms. The average Bonchev–Trinajstić information content (AvgIpc) is 2.66. The molecule has 2 aromatic carbocycles. The number of methoxy groups -OCH3 is 1. The molecule has 0 saturated carbocycles. The topological polar surface area (TPSA) is 51.2 Å². The lowest BCUT2D eigenvalue weighted by Gasteiger charge is -2.13. The van der Waals surface area contributed by atoms with E-state index in [1.165, 1.54) is 37.4 Å². The maximum absolute atomic E-state index is 13.5. The summed E-state index contributed by atoms with van der Waals surface area (Å²) >= 11 is 12.7. The van der Waals surface area contributed by atoms with Crippen molar-refractivity contribution in [1.82, 2.24) is 4.98 Å². The number of benzene rings is 2. The summed E-state index contributed by atoms with van der Waals surface area (Å²) in [6.45, 7) is 0. The predicted octanol–water partition coefficient (Wildman–Crippen LogP) is 6.30. The molecule has 3 rings (SSSR count). The largest absolute Gasteiger partial charge is 0.497 e. The van der Waals surface area contributed by atoms with Gasteiger partial charge in [0, 0.05) is 16.5 Å². The van der Waals surface area contributed by atoms with Gasteiger partial charge in [0.1, 0.15) is 5.75 Å². The molecule has 0 aliphatic heterocycles. The lowest BCUT2D eigenvalue weighted by atomic mass is 10.1. The number of aromatic nitrogens is 1. The van der Waals surface area contributed by atoms with E-state index in [1.54, 1.807) is 6.07 Å². The first-order valence-corrected chi connectivity index (χ1v) is 9.85. The molecule has 3 aromatic rings. The van der Waals surface area contributed by atoms with Crippen LogP contribution in [0, 0.1) is 0 Å². The third kappa shape index (κ3) is 5.26. The number of thioether (sulfide) groups is 1. The summed E-state index contributed by atoms with van der Waals surface area (Å²) in [4.78, 5) is 16.4. The minimum absolute atomic E-state index is 0.0416. The van der Waals surface area contributed by atoms with Crippen molar-refractivity contribution < 1.29 is 22.7 Å². The molecule has 0 unspecified atom stereocenters. The van der Waals surface area contributed by atoms with Gasteiger partial charge in [-0.1, -0.05) is 35.0 Å². The number of ether oxygens (including phenoxy) is 1. The molecular weight excluding hydrogens is 448 g/mol. The van der Waals surface area contributed by atoms with Gasteiger partial charge in [-0.05, 0) is 36.4 Å². The Morgan fingerprint density at radius 1 is 1.17 bits per heavy atom. The molecule has 0 fully saturated rings. The van der Waals surface area contributed by atoms with Crippen LogP contribution < -0.4 is 10.1 Å². The third-order valence-corrected chi connectivity index (χ3v) is 5.31. The normalized spacial score (nSPS) is 11.5. The molecule has 4 nitrogen and oxygen atoms in total. The lowest BCUT2D eigenvalue weighted by Crippen LogP contribution is -2.14. The van der Waals surface area contributed by atoms with E-state index in [9.17, 15) is 18.0 Å². The average molecular weight is 461 g/mol. The quantitative estimate of drug-likeness (QED) is 0.453. The third-order valence-electron chi connectivity index (χ3n) is 3.86. The Labute approximate surface area is 178 Å². The Morgan fingerprint density at radius 2 is 1.93 bits per heavy atom. The second kappa shape index (κ2) is 8.69. The van der Waals surface area contributed by atoms with Crippen LogP contribution >= 0.6 is 35.0 Å². The number of nitrogens with one attached hydrogen (secondary N) is 1. The van der Waals surface area contributed by atoms with Gasteiger partial charge in [0.05, 0.1) is 39.7 Å². The Balaban J connectivity index is 1.82. The zero-order chi connectivity index (χ0) is 21.2. The van der Waals surface area contributed by atoms with Gasteiger partial charge in [-0.15, -0.1) is 0 Å². The van der Waals surface area contributed by atoms with Crippen molar-refractivity contribution in [1.29, 1.82) is 0 Å². The van der Waals surface area contributed by atoms with E-state index >= 15 is 0 Å². The van der Waals surface area contributed by atoms with Gasteiger partial charge in [-0.25, -0.2) is 4.98 Å². The SMILES string of the molecule is COc1ccc2c(C(F)(F)F)cc(SCC(=O)Nc3ccc(Cl)cc3Cl)nc2c1. The van der Waals surface area contributed by atoms with Crippen LogP contribution in [0.25, 0.3) is 10.9 Å². The van der Waals surface area contributed by atoms with Crippen LogP contribution in [0.15, 0.2) is 47.5 Å². The second-order valence-corrected chi connectivity index (χ2v) is 7.69. The molecule has 0 radical (unpaired) electrons. The zero-order valence-corrected chi connectivity index (χ0v) is 17.1. The summed E-state index contributed by atoms with van der Waals surface area (Å²) in [6.07, 6.45) is -4.57. The molecular formula is C19H13Cl2F3N2O2S. The molecule has 0 aliphatic carbocycles. The van der Waals surface area contributed by atoms with E-state index in [2.05, 4.69) is 10.3 Å². The Morgan fingerprint density at radius 3 is 2.59 bits per heavy atom. The van der Waals surface area contributed by atoms with E-state index in [4.69, 9.17) is 27.9 Å². The highest BCUT2D eigenvalue weighted by Gasteiger charge is 2.33. The van der Waals surface area contributed by atoms with Crippen LogP contribution in [0.2, 0.25) is 10.0 Å². The number of halogens is 5. The van der Waals surface area contributed by atoms with Crippen LogP contribution in [0.5, 0.6) is 5.75 Å². The molecule has 0 bridgehead atoms. The Kier molecular flexibility index (Phi) is 6.45. The maximum atomic E-state index is 13.5. The van der Waals surface area contributed by atoms with Crippen molar-refractivity contribution in [2.24, 2.45) is 0 Å². The van der Waals surface area contributed by atoms with E-state index in [0.29, 0.717) is 16.5 Å². The van der Waals surface area contributed by atoms with Crippen LogP contribution in [-0.2, 0) is 11.0 Å². The lowest BCUT2D eigenvalue weighted by molar-refractivity contribution is -0.136. The minimum Gasteiger partial charge on any atom is -0.497 e. The first-order chi connectivity index (χ1) is 13.7. The summed E-state index contributed by atoms with van der Waals surface area (Å²) in [7, 11) is 1.41. The fourth-order valence-electron chi connectivity index (χ4n) is 2.54. The van der Waals surface area contributed by atoms with Gasteiger partial charge in [0.2, 0.25) is 5.91 Å². The number of hydrogen-bond acceptors (Lipinski definition) is 4. The molecule has 29 heavy (non-hydrogen) atoms. The van der Waals surface area contributed by atoms with E-state index in [0.717, 1.165) is 17.8 Å². The molecule has 0 saturated heterocycles. The number of alkyl halides is 3. The molecule has 0 aliphatic rings. The standard InChI is InChI=1S/C19H13Cl2F3N2O2S/c1-28-11-3-4-12-13(19(22,23)24)8-18(26-16(12)7-11)29-9-17(27)25-15-5-2-10(20)6-14(15)21/h2-8H,9H2,1H3,(H,25,27). The van der Waals surface area contributed by atoms with Crippen molar-refractivity contribution in [3.05, 3.63) is 58.1 Å². The highest BCUT2D eigenvalue weighted by molar-refractivity contribution is 7.99. The van der Waals surface area contributed by atoms with Crippen molar-refractivity contribution >= 4 is 57.5 Å². The molecule has 0 atom stereocenters. The smallest absolute Gasteiger partial charge is 0.417 e. The zero-order valence-electron chi connectivity index (χ0n) is 14.8. The summed E-state index contributed by atoms with van der Waals surface area (Å²) in [6, 6.07) is 9.67. The van der Waals surface area contributed by atoms with Gasteiger partial charge in [-0.3, -0.25) is 4.79 Å². The second-order valence-electron chi connectivity index (χ2n) is 5.85. The monoisotopic (exact) mass is 460 g/mol. The van der Waals surface area contributed by atoms with E-state index in [1.807, 2.05) is 0 Å². The van der Waals surface area contributed by atoms with Crippen molar-refractivity contribution in [2.75, 3.05) is 18.2 Å². The molecule has 152 valence electrons. The number of fused-ring (bicyclic) bond motifs is 1. The fourth-order valence-corrected chi connectivity index (χ4v) is 3.71. The number of pyridine rings is 1. The molecule has 10 heteroatoms. The van der Waals surface area contributed by atoms with E-state index < -0.39 is 17.6 Å². The number of carbonyl (C=O) groups is 1. The number of carbonyl (C=O) groups excluding carboxylic acids is 1. The summed E-state index contributed by atoms with van der Waals surface area (Å²) < 4.78 is 45.5. The van der Waals surface area contributed by atoms with Crippen LogP contribution in [-0.4, -0.2) is 23.8 Å². The van der Waals surface area contributed by atoms with Crippen molar-refractivity contribution in [3.8, 4) is 5.75 Å². The van der Waals surface area contributed by atoms with Gasteiger partial charge in [-0.2, -0.15) is 13.2 Å². The number of amides is 1. The van der Waals surface area contributed by atoms with Crippen LogP contribution in [0.3, 0.4) is 0 Å². The number of anilines is 1. The van der Waals surface area contributed by atoms with E-state index in [-0.39, 0.29) is 26.7 Å². The fraction of sp³-hybridized carbons (Fsp3) is 0.158. The molecule has 1 N–H and O–H groups in total. The minimum atomic E-state index is -4.57. The van der Waals surface area contributed by atoms with Crippen molar-refractivity contribution in [2.45, 2.75) is 11.2 Å². The maximum Gasteiger partial charge on any atom is 0.417 e. The summed E-state index contributed by atoms with van der Waals surface area (Å²) in [5.74, 6) is -0.214. The first-order valence-electron chi connectivity index (χ1n) is 8.11. The number of nitrogens with zero attached hydrogens (tertiary/aromatic N) is 1. The van der Waals surface area contributed by atoms with Gasteiger partial charge < -0.3 is 10.1 Å². The highest BCUT2D eigenvalue weighted by Crippen LogP contribution is 2.37. The predicted molar refractivity (Wildman–Crippen MR) is 109 cm³/mol. The van der Waals surface area contributed by atoms with Gasteiger partial charge >= 0.3 is 6.18 Å². The summed E-state index contributed by atoms with van der Waals surface area (Å²) in [5, 5.41) is 3.28. The van der Waals surface area contributed by atoms with Gasteiger partial charge in [0.25, 0.3) is 0 Å². The molecule has 1 heterocycles. The first kappa shape index (κ1) is 21.5.